The molecule has 0 aromatic carbocycles. The van der Waals surface area contributed by atoms with Gasteiger partial charge in [0.15, 0.2) is 0 Å². The molecule has 5 rings (SSSR count). The van der Waals surface area contributed by atoms with Gasteiger partial charge in [-0.3, -0.25) is 9.78 Å². The molecule has 0 unspecified atom stereocenters. The van der Waals surface area contributed by atoms with E-state index in [1.807, 2.05) is 4.90 Å². The smallest absolute Gasteiger partial charge is 0.255 e. The van der Waals surface area contributed by atoms with Crippen LogP contribution in [0.2, 0.25) is 5.02 Å². The lowest BCUT2D eigenvalue weighted by atomic mass is 9.49. The standard InChI is InChI=1S/C19H25ClN2O2/c20-17-11-21-2-1-16(17)18(24)22(3-4-23)12-19-8-13-5-14(9-19)7-15(6-13)10-19/h1-2,11,13-15,23H,3-10,12H2. The highest BCUT2D eigenvalue weighted by Crippen LogP contribution is 2.60. The van der Waals surface area contributed by atoms with E-state index < -0.39 is 0 Å². The van der Waals surface area contributed by atoms with Crippen LogP contribution in [0.1, 0.15) is 48.9 Å². The van der Waals surface area contributed by atoms with Crippen molar-refractivity contribution in [3.8, 4) is 0 Å². The van der Waals surface area contributed by atoms with Crippen LogP contribution in [0.4, 0.5) is 0 Å². The summed E-state index contributed by atoms with van der Waals surface area (Å²) >= 11 is 6.17. The van der Waals surface area contributed by atoms with E-state index in [0.29, 0.717) is 17.1 Å². The Morgan fingerprint density at radius 3 is 2.42 bits per heavy atom. The lowest BCUT2D eigenvalue weighted by molar-refractivity contribution is -0.0662. The summed E-state index contributed by atoms with van der Waals surface area (Å²) in [5.41, 5.74) is 0.754. The number of aliphatic hydroxyl groups excluding tert-OH is 1. The van der Waals surface area contributed by atoms with E-state index in [1.165, 1.54) is 44.7 Å². The van der Waals surface area contributed by atoms with Gasteiger partial charge in [0.05, 0.1) is 17.2 Å². The first-order chi connectivity index (χ1) is 11.6. The number of rotatable bonds is 5. The number of carbonyl (C=O) groups excluding carboxylic acids is 1. The van der Waals surface area contributed by atoms with Crippen LogP contribution in [-0.4, -0.2) is 40.6 Å². The maximum Gasteiger partial charge on any atom is 0.255 e. The van der Waals surface area contributed by atoms with Crippen molar-refractivity contribution in [3.63, 3.8) is 0 Å². The van der Waals surface area contributed by atoms with Gasteiger partial charge in [0, 0.05) is 25.5 Å². The van der Waals surface area contributed by atoms with Gasteiger partial charge in [0.25, 0.3) is 5.91 Å². The first kappa shape index (κ1) is 16.3. The van der Waals surface area contributed by atoms with Gasteiger partial charge in [-0.2, -0.15) is 0 Å². The summed E-state index contributed by atoms with van der Waals surface area (Å²) in [4.78, 5) is 18.8. The van der Waals surface area contributed by atoms with Crippen molar-refractivity contribution >= 4 is 17.5 Å². The zero-order chi connectivity index (χ0) is 16.7. The topological polar surface area (TPSA) is 53.4 Å². The van der Waals surface area contributed by atoms with Crippen LogP contribution in [0.5, 0.6) is 0 Å². The molecule has 1 N–H and O–H groups in total. The van der Waals surface area contributed by atoms with E-state index in [0.717, 1.165) is 24.3 Å². The average Bonchev–Trinajstić information content (AvgIpc) is 2.53. The average molecular weight is 349 g/mol. The fraction of sp³-hybridized carbons (Fsp3) is 0.684. The second-order valence-electron chi connectivity index (χ2n) is 8.22. The monoisotopic (exact) mass is 348 g/mol. The Kier molecular flexibility index (Phi) is 4.29. The molecule has 4 saturated carbocycles. The van der Waals surface area contributed by atoms with Crippen LogP contribution in [0.25, 0.3) is 0 Å². The normalized spacial score (nSPS) is 33.7. The molecule has 4 aliphatic carbocycles. The fourth-order valence-electron chi connectivity index (χ4n) is 5.98. The van der Waals surface area contributed by atoms with E-state index in [9.17, 15) is 9.90 Å². The SMILES string of the molecule is O=C(c1ccncc1Cl)N(CCO)CC12CC3CC(CC(C3)C1)C2. The molecule has 4 nitrogen and oxygen atoms in total. The summed E-state index contributed by atoms with van der Waals surface area (Å²) in [6.07, 6.45) is 11.0. The number of aromatic nitrogens is 1. The molecular weight excluding hydrogens is 324 g/mol. The summed E-state index contributed by atoms with van der Waals surface area (Å²) in [7, 11) is 0. The van der Waals surface area contributed by atoms with Crippen LogP contribution >= 0.6 is 11.6 Å². The molecule has 24 heavy (non-hydrogen) atoms. The molecule has 1 aromatic rings. The van der Waals surface area contributed by atoms with Gasteiger partial charge in [-0.05, 0) is 67.8 Å². The summed E-state index contributed by atoms with van der Waals surface area (Å²) in [5, 5.41) is 9.86. The summed E-state index contributed by atoms with van der Waals surface area (Å²) < 4.78 is 0. The lowest BCUT2D eigenvalue weighted by Gasteiger charge is -2.57. The Balaban J connectivity index is 1.56. The van der Waals surface area contributed by atoms with E-state index in [-0.39, 0.29) is 17.9 Å². The quantitative estimate of drug-likeness (QED) is 0.887. The van der Waals surface area contributed by atoms with Crippen LogP contribution in [0.15, 0.2) is 18.5 Å². The highest BCUT2D eigenvalue weighted by Gasteiger charge is 2.51. The third kappa shape index (κ3) is 2.95. The van der Waals surface area contributed by atoms with Gasteiger partial charge in [-0.1, -0.05) is 11.6 Å². The molecule has 0 saturated heterocycles. The maximum absolute atomic E-state index is 13.0. The molecule has 4 fully saturated rings. The summed E-state index contributed by atoms with van der Waals surface area (Å²) in [6.45, 7) is 1.12. The molecule has 130 valence electrons. The van der Waals surface area contributed by atoms with Crippen molar-refractivity contribution in [1.29, 1.82) is 0 Å². The van der Waals surface area contributed by atoms with E-state index in [2.05, 4.69) is 4.98 Å². The Labute approximate surface area is 148 Å². The number of pyridine rings is 1. The lowest BCUT2D eigenvalue weighted by Crippen LogP contribution is -2.52. The number of hydrogen-bond acceptors (Lipinski definition) is 3. The fourth-order valence-corrected chi connectivity index (χ4v) is 6.18. The van der Waals surface area contributed by atoms with Gasteiger partial charge in [0.2, 0.25) is 0 Å². The van der Waals surface area contributed by atoms with Gasteiger partial charge < -0.3 is 10.0 Å². The predicted molar refractivity (Wildman–Crippen MR) is 92.8 cm³/mol. The predicted octanol–water partition coefficient (Wildman–Crippen LogP) is 3.39. The highest BCUT2D eigenvalue weighted by atomic mass is 35.5. The summed E-state index contributed by atoms with van der Waals surface area (Å²) in [5.74, 6) is 2.48. The van der Waals surface area contributed by atoms with Crippen molar-refractivity contribution in [3.05, 3.63) is 29.0 Å². The molecule has 0 atom stereocenters. The number of amides is 1. The van der Waals surface area contributed by atoms with Crippen LogP contribution in [0.3, 0.4) is 0 Å². The second-order valence-corrected chi connectivity index (χ2v) is 8.63. The summed E-state index contributed by atoms with van der Waals surface area (Å²) in [6, 6.07) is 1.68. The molecule has 0 aliphatic heterocycles. The molecule has 1 aromatic heterocycles. The van der Waals surface area contributed by atoms with Gasteiger partial charge in [-0.25, -0.2) is 0 Å². The first-order valence-electron chi connectivity index (χ1n) is 9.08. The third-order valence-electron chi connectivity index (χ3n) is 6.35. The minimum Gasteiger partial charge on any atom is -0.395 e. The second kappa shape index (κ2) is 6.30. The number of hydrogen-bond donors (Lipinski definition) is 1. The molecule has 1 heterocycles. The third-order valence-corrected chi connectivity index (χ3v) is 6.65. The highest BCUT2D eigenvalue weighted by molar-refractivity contribution is 6.33. The van der Waals surface area contributed by atoms with Gasteiger partial charge in [0.1, 0.15) is 0 Å². The Morgan fingerprint density at radius 1 is 1.25 bits per heavy atom. The molecule has 4 bridgehead atoms. The molecule has 1 amide bonds. The Bertz CT molecular complexity index is 598. The van der Waals surface area contributed by atoms with Crippen molar-refractivity contribution in [2.24, 2.45) is 23.2 Å². The number of halogens is 1. The van der Waals surface area contributed by atoms with E-state index in [4.69, 9.17) is 11.6 Å². The first-order valence-corrected chi connectivity index (χ1v) is 9.46. The number of carbonyl (C=O) groups is 1. The molecule has 0 spiro atoms. The largest absolute Gasteiger partial charge is 0.395 e. The van der Waals surface area contributed by atoms with E-state index in [1.54, 1.807) is 12.3 Å². The minimum absolute atomic E-state index is 0.0131. The van der Waals surface area contributed by atoms with Crippen LogP contribution in [-0.2, 0) is 0 Å². The maximum atomic E-state index is 13.0. The molecule has 0 radical (unpaired) electrons. The molecule has 4 aliphatic rings. The van der Waals surface area contributed by atoms with Gasteiger partial charge in [-0.15, -0.1) is 0 Å². The minimum atomic E-state index is -0.0767. The van der Waals surface area contributed by atoms with Crippen LogP contribution < -0.4 is 0 Å². The number of nitrogens with zero attached hydrogens (tertiary/aromatic N) is 2. The van der Waals surface area contributed by atoms with E-state index >= 15 is 0 Å². The molecular formula is C19H25ClN2O2. The Morgan fingerprint density at radius 2 is 1.88 bits per heavy atom. The van der Waals surface area contributed by atoms with Crippen molar-refractivity contribution < 1.29 is 9.90 Å². The molecule has 5 heteroatoms. The van der Waals surface area contributed by atoms with Crippen molar-refractivity contribution in [2.75, 3.05) is 19.7 Å². The van der Waals surface area contributed by atoms with Crippen molar-refractivity contribution in [2.45, 2.75) is 38.5 Å². The van der Waals surface area contributed by atoms with Gasteiger partial charge >= 0.3 is 0 Å². The van der Waals surface area contributed by atoms with Crippen molar-refractivity contribution in [1.82, 2.24) is 9.88 Å². The Hall–Kier alpha value is -1.13. The number of aliphatic hydroxyl groups is 1. The zero-order valence-electron chi connectivity index (χ0n) is 14.0. The zero-order valence-corrected chi connectivity index (χ0v) is 14.7. The van der Waals surface area contributed by atoms with Crippen LogP contribution in [0, 0.1) is 23.2 Å².